The molecule has 1 aliphatic carbocycles. The maximum absolute atomic E-state index is 12.7. The van der Waals surface area contributed by atoms with E-state index in [4.69, 9.17) is 5.73 Å². The zero-order valence-corrected chi connectivity index (χ0v) is 8.06. The van der Waals surface area contributed by atoms with Crippen LogP contribution in [0.15, 0.2) is 24.3 Å². The molecule has 0 bridgehead atoms. The molecule has 0 radical (unpaired) electrons. The van der Waals surface area contributed by atoms with Gasteiger partial charge in [-0.15, -0.1) is 0 Å². The van der Waals surface area contributed by atoms with Crippen LogP contribution < -0.4 is 5.73 Å². The van der Waals surface area contributed by atoms with Crippen molar-refractivity contribution in [2.75, 3.05) is 0 Å². The molecule has 0 amide bonds. The summed E-state index contributed by atoms with van der Waals surface area (Å²) in [6, 6.07) is 7.50. The minimum atomic E-state index is -2.57. The van der Waals surface area contributed by atoms with Gasteiger partial charge < -0.3 is 5.73 Å². The standard InChI is InChI=1S/C11H13F2N/c1-8-3-2-4-9(5-8)10(14)6-11(12,13)7-10/h2-5H,6-7,14H2,1H3. The van der Waals surface area contributed by atoms with Gasteiger partial charge in [-0.25, -0.2) is 8.78 Å². The Balaban J connectivity index is 2.25. The first-order valence-electron chi connectivity index (χ1n) is 4.65. The van der Waals surface area contributed by atoms with Crippen LogP contribution in [0.3, 0.4) is 0 Å². The lowest BCUT2D eigenvalue weighted by molar-refractivity contribution is -0.125. The van der Waals surface area contributed by atoms with Crippen molar-refractivity contribution in [3.63, 3.8) is 0 Å². The van der Waals surface area contributed by atoms with Crippen molar-refractivity contribution >= 4 is 0 Å². The largest absolute Gasteiger partial charge is 0.321 e. The second kappa shape index (κ2) is 2.76. The molecule has 0 heterocycles. The lowest BCUT2D eigenvalue weighted by Crippen LogP contribution is -2.55. The average molecular weight is 197 g/mol. The van der Waals surface area contributed by atoms with Gasteiger partial charge in [-0.2, -0.15) is 0 Å². The van der Waals surface area contributed by atoms with E-state index in [0.29, 0.717) is 0 Å². The van der Waals surface area contributed by atoms with E-state index in [1.165, 1.54) is 0 Å². The number of nitrogens with two attached hydrogens (primary N) is 1. The summed E-state index contributed by atoms with van der Waals surface area (Å²) in [6.07, 6.45) is -0.465. The van der Waals surface area contributed by atoms with E-state index in [0.717, 1.165) is 11.1 Å². The monoisotopic (exact) mass is 197 g/mol. The molecule has 1 aromatic carbocycles. The van der Waals surface area contributed by atoms with Gasteiger partial charge in [0, 0.05) is 12.8 Å². The molecule has 0 aromatic heterocycles. The Hall–Kier alpha value is -0.960. The van der Waals surface area contributed by atoms with Crippen molar-refractivity contribution in [1.82, 2.24) is 0 Å². The topological polar surface area (TPSA) is 26.0 Å². The lowest BCUT2D eigenvalue weighted by Gasteiger charge is -2.45. The quantitative estimate of drug-likeness (QED) is 0.735. The zero-order valence-electron chi connectivity index (χ0n) is 8.06. The fourth-order valence-electron chi connectivity index (χ4n) is 2.03. The van der Waals surface area contributed by atoms with E-state index < -0.39 is 11.5 Å². The number of hydrogen-bond donors (Lipinski definition) is 1. The molecule has 0 atom stereocenters. The molecule has 2 rings (SSSR count). The second-order valence-corrected chi connectivity index (χ2v) is 4.24. The van der Waals surface area contributed by atoms with E-state index in [2.05, 4.69) is 0 Å². The van der Waals surface area contributed by atoms with Gasteiger partial charge in [0.25, 0.3) is 5.92 Å². The van der Waals surface area contributed by atoms with Crippen LogP contribution in [0.25, 0.3) is 0 Å². The molecule has 76 valence electrons. The third-order valence-electron chi connectivity index (χ3n) is 2.74. The Morgan fingerprint density at radius 1 is 1.29 bits per heavy atom. The number of aryl methyl sites for hydroxylation is 1. The van der Waals surface area contributed by atoms with E-state index in [1.807, 2.05) is 31.2 Å². The Morgan fingerprint density at radius 3 is 2.43 bits per heavy atom. The summed E-state index contributed by atoms with van der Waals surface area (Å²) in [4.78, 5) is 0. The Kier molecular flexibility index (Phi) is 1.89. The Labute approximate surface area is 81.9 Å². The SMILES string of the molecule is Cc1cccc(C2(N)CC(F)(F)C2)c1. The highest BCUT2D eigenvalue weighted by atomic mass is 19.3. The summed E-state index contributed by atoms with van der Waals surface area (Å²) >= 11 is 0. The summed E-state index contributed by atoms with van der Waals surface area (Å²) in [7, 11) is 0. The molecule has 1 aliphatic rings. The first-order chi connectivity index (χ1) is 6.41. The van der Waals surface area contributed by atoms with Crippen LogP contribution in [-0.2, 0) is 5.54 Å². The third-order valence-corrected chi connectivity index (χ3v) is 2.74. The van der Waals surface area contributed by atoms with Crippen molar-refractivity contribution in [2.45, 2.75) is 31.2 Å². The Bertz CT molecular complexity index is 352. The van der Waals surface area contributed by atoms with Gasteiger partial charge in [0.2, 0.25) is 0 Å². The van der Waals surface area contributed by atoms with Crippen LogP contribution in [0.2, 0.25) is 0 Å². The highest BCUT2D eigenvalue weighted by molar-refractivity contribution is 5.32. The summed E-state index contributed by atoms with van der Waals surface area (Å²) in [5.41, 5.74) is 6.96. The van der Waals surface area contributed by atoms with E-state index in [-0.39, 0.29) is 12.8 Å². The molecule has 1 nitrogen and oxygen atoms in total. The normalized spacial score (nSPS) is 22.9. The van der Waals surface area contributed by atoms with Gasteiger partial charge in [-0.05, 0) is 12.5 Å². The number of benzene rings is 1. The molecule has 1 fully saturated rings. The Morgan fingerprint density at radius 2 is 1.93 bits per heavy atom. The molecule has 0 aliphatic heterocycles. The molecule has 3 heteroatoms. The van der Waals surface area contributed by atoms with Crippen LogP contribution in [0.1, 0.15) is 24.0 Å². The first kappa shape index (κ1) is 9.59. The molecular formula is C11H13F2N. The smallest absolute Gasteiger partial charge is 0.252 e. The molecule has 1 saturated carbocycles. The molecule has 0 unspecified atom stereocenters. The van der Waals surface area contributed by atoms with E-state index in [9.17, 15) is 8.78 Å². The number of halogens is 2. The van der Waals surface area contributed by atoms with Gasteiger partial charge in [0.05, 0.1) is 5.54 Å². The van der Waals surface area contributed by atoms with E-state index in [1.54, 1.807) is 0 Å². The van der Waals surface area contributed by atoms with E-state index >= 15 is 0 Å². The second-order valence-electron chi connectivity index (χ2n) is 4.24. The summed E-state index contributed by atoms with van der Waals surface area (Å²) in [5.74, 6) is -2.57. The minimum Gasteiger partial charge on any atom is -0.321 e. The zero-order chi connectivity index (χ0) is 10.4. The summed E-state index contributed by atoms with van der Waals surface area (Å²) in [5, 5.41) is 0. The number of alkyl halides is 2. The summed E-state index contributed by atoms with van der Waals surface area (Å²) < 4.78 is 25.5. The molecule has 1 aromatic rings. The highest BCUT2D eigenvalue weighted by Crippen LogP contribution is 2.49. The fourth-order valence-corrected chi connectivity index (χ4v) is 2.03. The molecule has 14 heavy (non-hydrogen) atoms. The number of rotatable bonds is 1. The highest BCUT2D eigenvalue weighted by Gasteiger charge is 2.55. The average Bonchev–Trinajstić information content (AvgIpc) is 2.00. The lowest BCUT2D eigenvalue weighted by atomic mass is 9.69. The van der Waals surface area contributed by atoms with Crippen LogP contribution >= 0.6 is 0 Å². The van der Waals surface area contributed by atoms with Crippen LogP contribution in [0.4, 0.5) is 8.78 Å². The fraction of sp³-hybridized carbons (Fsp3) is 0.455. The van der Waals surface area contributed by atoms with Gasteiger partial charge in [0.1, 0.15) is 0 Å². The van der Waals surface area contributed by atoms with Crippen molar-refractivity contribution in [3.05, 3.63) is 35.4 Å². The van der Waals surface area contributed by atoms with Gasteiger partial charge in [-0.3, -0.25) is 0 Å². The maximum Gasteiger partial charge on any atom is 0.252 e. The van der Waals surface area contributed by atoms with Crippen LogP contribution in [0.5, 0.6) is 0 Å². The first-order valence-corrected chi connectivity index (χ1v) is 4.65. The van der Waals surface area contributed by atoms with Crippen LogP contribution in [0, 0.1) is 6.92 Å². The molecule has 0 spiro atoms. The summed E-state index contributed by atoms with van der Waals surface area (Å²) in [6.45, 7) is 1.93. The minimum absolute atomic E-state index is 0.233. The predicted molar refractivity (Wildman–Crippen MR) is 51.2 cm³/mol. The maximum atomic E-state index is 12.7. The third kappa shape index (κ3) is 1.52. The van der Waals surface area contributed by atoms with Crippen molar-refractivity contribution in [3.8, 4) is 0 Å². The van der Waals surface area contributed by atoms with Gasteiger partial charge >= 0.3 is 0 Å². The van der Waals surface area contributed by atoms with Gasteiger partial charge in [0.15, 0.2) is 0 Å². The molecular weight excluding hydrogens is 184 g/mol. The van der Waals surface area contributed by atoms with Crippen molar-refractivity contribution in [1.29, 1.82) is 0 Å². The van der Waals surface area contributed by atoms with Gasteiger partial charge in [-0.1, -0.05) is 29.8 Å². The number of hydrogen-bond acceptors (Lipinski definition) is 1. The molecule has 0 saturated heterocycles. The van der Waals surface area contributed by atoms with Crippen LogP contribution in [-0.4, -0.2) is 5.92 Å². The predicted octanol–water partition coefficient (Wildman–Crippen LogP) is 2.58. The van der Waals surface area contributed by atoms with Crippen molar-refractivity contribution < 1.29 is 8.78 Å². The molecule has 2 N–H and O–H groups in total. The van der Waals surface area contributed by atoms with Crippen molar-refractivity contribution in [2.24, 2.45) is 5.73 Å².